The summed E-state index contributed by atoms with van der Waals surface area (Å²) in [6.45, 7) is 1.67. The third-order valence-corrected chi connectivity index (χ3v) is 2.15. The van der Waals surface area contributed by atoms with Gasteiger partial charge >= 0.3 is 18.9 Å². The van der Waals surface area contributed by atoms with Crippen molar-refractivity contribution in [3.05, 3.63) is 23.8 Å². The van der Waals surface area contributed by atoms with Gasteiger partial charge in [0.2, 0.25) is 0 Å². The van der Waals surface area contributed by atoms with E-state index in [9.17, 15) is 8.76 Å². The van der Waals surface area contributed by atoms with Crippen LogP contribution in [-0.2, 0) is 11.1 Å². The Morgan fingerprint density at radius 3 is 2.50 bits per heavy atom. The van der Waals surface area contributed by atoms with Crippen LogP contribution in [0.5, 0.6) is 5.75 Å². The SMILES string of the molecule is Cc1ccc(O)cc1S(=O)[O-].[Li+]. The zero-order valence-corrected chi connectivity index (χ0v) is 7.72. The summed E-state index contributed by atoms with van der Waals surface area (Å²) in [5, 5.41) is 8.91. The van der Waals surface area contributed by atoms with Crippen LogP contribution in [0.1, 0.15) is 5.56 Å². The fourth-order valence-corrected chi connectivity index (χ4v) is 1.32. The van der Waals surface area contributed by atoms with Crippen molar-refractivity contribution in [2.24, 2.45) is 0 Å². The predicted octanol–water partition coefficient (Wildman–Crippen LogP) is -2.06. The predicted molar refractivity (Wildman–Crippen MR) is 40.0 cm³/mol. The number of benzene rings is 1. The minimum Gasteiger partial charge on any atom is -0.768 e. The van der Waals surface area contributed by atoms with E-state index in [0.29, 0.717) is 5.56 Å². The van der Waals surface area contributed by atoms with Crippen LogP contribution in [0.3, 0.4) is 0 Å². The molecule has 1 N–H and O–H groups in total. The molecule has 0 aromatic heterocycles. The molecule has 0 aliphatic carbocycles. The molecule has 0 saturated carbocycles. The summed E-state index contributed by atoms with van der Waals surface area (Å²) in [4.78, 5) is 0.144. The Morgan fingerprint density at radius 2 is 2.08 bits per heavy atom. The van der Waals surface area contributed by atoms with E-state index in [1.165, 1.54) is 12.1 Å². The second kappa shape index (κ2) is 4.68. The van der Waals surface area contributed by atoms with E-state index in [1.807, 2.05) is 0 Å². The molecule has 0 aliphatic rings. The number of hydrogen-bond donors (Lipinski definition) is 1. The summed E-state index contributed by atoms with van der Waals surface area (Å²) >= 11 is -2.26. The number of rotatable bonds is 1. The van der Waals surface area contributed by atoms with Crippen LogP contribution in [0.2, 0.25) is 0 Å². The molecule has 60 valence electrons. The van der Waals surface area contributed by atoms with E-state index < -0.39 is 11.1 Å². The molecule has 0 heterocycles. The Bertz CT molecular complexity index is 301. The maximum atomic E-state index is 10.5. The van der Waals surface area contributed by atoms with E-state index in [2.05, 4.69) is 0 Å². The molecule has 0 aliphatic heterocycles. The molecule has 1 rings (SSSR count). The molecule has 5 heteroatoms. The van der Waals surface area contributed by atoms with Crippen LogP contribution < -0.4 is 18.9 Å². The van der Waals surface area contributed by atoms with Gasteiger partial charge in [0, 0.05) is 4.90 Å². The molecule has 0 amide bonds. The van der Waals surface area contributed by atoms with Crippen molar-refractivity contribution >= 4 is 11.1 Å². The van der Waals surface area contributed by atoms with Crippen molar-refractivity contribution in [2.45, 2.75) is 11.8 Å². The number of phenols is 1. The van der Waals surface area contributed by atoms with Crippen LogP contribution in [0, 0.1) is 6.92 Å². The Labute approximate surface area is 85.3 Å². The molecule has 12 heavy (non-hydrogen) atoms. The summed E-state index contributed by atoms with van der Waals surface area (Å²) in [5.41, 5.74) is 0.635. The zero-order valence-electron chi connectivity index (χ0n) is 6.90. The van der Waals surface area contributed by atoms with Gasteiger partial charge in [0.05, 0.1) is 0 Å². The average Bonchev–Trinajstić information content (AvgIpc) is 1.94. The maximum Gasteiger partial charge on any atom is 1.00 e. The molecule has 0 bridgehead atoms. The largest absolute Gasteiger partial charge is 1.00 e. The van der Waals surface area contributed by atoms with Crippen molar-refractivity contribution in [1.82, 2.24) is 0 Å². The van der Waals surface area contributed by atoms with Gasteiger partial charge in [0.25, 0.3) is 0 Å². The van der Waals surface area contributed by atoms with Gasteiger partial charge < -0.3 is 9.66 Å². The molecule has 3 nitrogen and oxygen atoms in total. The third-order valence-electron chi connectivity index (χ3n) is 1.35. The van der Waals surface area contributed by atoms with Crippen molar-refractivity contribution in [1.29, 1.82) is 0 Å². The molecule has 0 saturated heterocycles. The monoisotopic (exact) mass is 178 g/mol. The van der Waals surface area contributed by atoms with E-state index in [1.54, 1.807) is 13.0 Å². The van der Waals surface area contributed by atoms with Crippen molar-refractivity contribution in [2.75, 3.05) is 0 Å². The van der Waals surface area contributed by atoms with Crippen molar-refractivity contribution < 1.29 is 32.7 Å². The Balaban J connectivity index is 0.00000121. The minimum absolute atomic E-state index is 0. The molecule has 0 fully saturated rings. The van der Waals surface area contributed by atoms with Crippen LogP contribution in [0.15, 0.2) is 23.1 Å². The Kier molecular flexibility index (Phi) is 4.57. The molecular weight excluding hydrogens is 171 g/mol. The number of aromatic hydroxyl groups is 1. The summed E-state index contributed by atoms with van der Waals surface area (Å²) in [5.74, 6) is -0.0326. The van der Waals surface area contributed by atoms with Gasteiger partial charge in [-0.15, -0.1) is 0 Å². The fraction of sp³-hybridized carbons (Fsp3) is 0.143. The number of hydrogen-bond acceptors (Lipinski definition) is 3. The topological polar surface area (TPSA) is 60.4 Å². The van der Waals surface area contributed by atoms with Gasteiger partial charge in [0.1, 0.15) is 5.75 Å². The summed E-state index contributed by atoms with van der Waals surface area (Å²) in [7, 11) is 0. The molecule has 1 aromatic rings. The van der Waals surface area contributed by atoms with Crippen molar-refractivity contribution in [3.63, 3.8) is 0 Å². The first-order valence-corrected chi connectivity index (χ1v) is 4.07. The third kappa shape index (κ3) is 2.65. The summed E-state index contributed by atoms with van der Waals surface area (Å²) in [6, 6.07) is 4.23. The summed E-state index contributed by atoms with van der Waals surface area (Å²) < 4.78 is 20.9. The van der Waals surface area contributed by atoms with Gasteiger partial charge in [0.15, 0.2) is 0 Å². The minimum atomic E-state index is -2.26. The van der Waals surface area contributed by atoms with Crippen LogP contribution in [0.25, 0.3) is 0 Å². The second-order valence-electron chi connectivity index (χ2n) is 2.18. The van der Waals surface area contributed by atoms with Crippen molar-refractivity contribution in [3.8, 4) is 5.75 Å². The van der Waals surface area contributed by atoms with Gasteiger partial charge in [-0.2, -0.15) is 0 Å². The molecule has 0 spiro atoms. The van der Waals surface area contributed by atoms with Gasteiger partial charge in [-0.1, -0.05) is 6.07 Å². The van der Waals surface area contributed by atoms with Crippen LogP contribution >= 0.6 is 0 Å². The maximum absolute atomic E-state index is 10.5. The molecule has 1 atom stereocenters. The van der Waals surface area contributed by atoms with E-state index in [4.69, 9.17) is 5.11 Å². The van der Waals surface area contributed by atoms with Crippen LogP contribution in [-0.4, -0.2) is 13.9 Å². The Hall–Kier alpha value is -0.273. The second-order valence-corrected chi connectivity index (χ2v) is 3.09. The first-order valence-electron chi connectivity index (χ1n) is 3.00. The quantitative estimate of drug-likeness (QED) is 0.397. The zero-order chi connectivity index (χ0) is 8.43. The Morgan fingerprint density at radius 1 is 1.50 bits per heavy atom. The smallest absolute Gasteiger partial charge is 0.768 e. The molecular formula is C7H7LiO3S. The first kappa shape index (κ1) is 11.7. The molecule has 1 unspecified atom stereocenters. The summed E-state index contributed by atoms with van der Waals surface area (Å²) in [6.07, 6.45) is 0. The van der Waals surface area contributed by atoms with E-state index >= 15 is 0 Å². The average molecular weight is 178 g/mol. The van der Waals surface area contributed by atoms with Crippen LogP contribution in [0.4, 0.5) is 0 Å². The fourth-order valence-electron chi connectivity index (χ4n) is 0.768. The normalized spacial score (nSPS) is 11.8. The van der Waals surface area contributed by atoms with Gasteiger partial charge in [-0.25, -0.2) is 0 Å². The van der Waals surface area contributed by atoms with Gasteiger partial charge in [-0.3, -0.25) is 4.21 Å². The van der Waals surface area contributed by atoms with E-state index in [-0.39, 0.29) is 29.5 Å². The standard InChI is InChI=1S/C7H8O3S.Li/c1-5-2-3-6(8)4-7(5)11(9)10;/h2-4,8H,1H3,(H,9,10);/q;+1/p-1. The number of phenolic OH excluding ortho intramolecular Hbond substituents is 1. The number of aryl methyl sites for hydroxylation is 1. The molecule has 0 radical (unpaired) electrons. The molecule has 1 aromatic carbocycles. The first-order chi connectivity index (χ1) is 5.11. The van der Waals surface area contributed by atoms with E-state index in [0.717, 1.165) is 0 Å². The van der Waals surface area contributed by atoms with Gasteiger partial charge in [-0.05, 0) is 35.7 Å².